The van der Waals surface area contributed by atoms with Gasteiger partial charge in [0.1, 0.15) is 7.14 Å². The SMILES string of the molecule is CP(C)(=O)c1ccc(N)c2c1CNC2=O. The van der Waals surface area contributed by atoms with Gasteiger partial charge in [0.05, 0.1) is 5.56 Å². The summed E-state index contributed by atoms with van der Waals surface area (Å²) < 4.78 is 12.0. The average Bonchev–Trinajstić information content (AvgIpc) is 2.47. The lowest BCUT2D eigenvalue weighted by Gasteiger charge is -2.12. The van der Waals surface area contributed by atoms with Gasteiger partial charge in [0, 0.05) is 17.5 Å². The molecule has 1 aromatic carbocycles. The maximum absolute atomic E-state index is 12.0. The minimum absolute atomic E-state index is 0.169. The van der Waals surface area contributed by atoms with Gasteiger partial charge >= 0.3 is 0 Å². The van der Waals surface area contributed by atoms with E-state index >= 15 is 0 Å². The summed E-state index contributed by atoms with van der Waals surface area (Å²) in [5.74, 6) is -0.169. The highest BCUT2D eigenvalue weighted by Crippen LogP contribution is 2.38. The zero-order chi connectivity index (χ0) is 11.2. The first-order valence-electron chi connectivity index (χ1n) is 4.66. The van der Waals surface area contributed by atoms with E-state index in [0.29, 0.717) is 17.8 Å². The molecule has 15 heavy (non-hydrogen) atoms. The molecule has 3 N–H and O–H groups in total. The number of fused-ring (bicyclic) bond motifs is 1. The number of rotatable bonds is 1. The molecule has 0 atom stereocenters. The van der Waals surface area contributed by atoms with Gasteiger partial charge in [0.2, 0.25) is 0 Å². The molecule has 0 saturated carbocycles. The molecule has 1 aromatic rings. The molecule has 1 heterocycles. The van der Waals surface area contributed by atoms with Crippen LogP contribution >= 0.6 is 7.14 Å². The fourth-order valence-corrected chi connectivity index (χ4v) is 3.14. The van der Waals surface area contributed by atoms with Crippen LogP contribution in [-0.2, 0) is 11.1 Å². The molecular weight excluding hydrogens is 211 g/mol. The van der Waals surface area contributed by atoms with E-state index in [0.717, 1.165) is 10.9 Å². The van der Waals surface area contributed by atoms with Crippen molar-refractivity contribution in [2.75, 3.05) is 19.1 Å². The average molecular weight is 224 g/mol. The summed E-state index contributed by atoms with van der Waals surface area (Å²) in [4.78, 5) is 11.5. The Kier molecular flexibility index (Phi) is 2.12. The number of anilines is 1. The number of amides is 1. The molecule has 2 rings (SSSR count). The van der Waals surface area contributed by atoms with Crippen LogP contribution in [0, 0.1) is 0 Å². The summed E-state index contributed by atoms with van der Waals surface area (Å²) in [7, 11) is -2.35. The fourth-order valence-electron chi connectivity index (χ4n) is 1.86. The molecule has 0 saturated heterocycles. The van der Waals surface area contributed by atoms with E-state index in [9.17, 15) is 9.36 Å². The highest BCUT2D eigenvalue weighted by atomic mass is 31.2. The lowest BCUT2D eigenvalue weighted by molar-refractivity contribution is 0.0966. The minimum atomic E-state index is -2.35. The molecule has 80 valence electrons. The molecule has 0 radical (unpaired) electrons. The van der Waals surface area contributed by atoms with Crippen LogP contribution in [0.1, 0.15) is 15.9 Å². The number of carbonyl (C=O) groups excluding carboxylic acids is 1. The highest BCUT2D eigenvalue weighted by molar-refractivity contribution is 7.70. The van der Waals surface area contributed by atoms with Crippen molar-refractivity contribution >= 4 is 24.0 Å². The van der Waals surface area contributed by atoms with Crippen LogP contribution in [0.25, 0.3) is 0 Å². The normalized spacial score (nSPS) is 14.9. The maximum Gasteiger partial charge on any atom is 0.254 e. The summed E-state index contributed by atoms with van der Waals surface area (Å²) in [5.41, 5.74) is 7.48. The third kappa shape index (κ3) is 1.55. The molecule has 1 amide bonds. The van der Waals surface area contributed by atoms with E-state index < -0.39 is 7.14 Å². The Morgan fingerprint density at radius 3 is 2.67 bits per heavy atom. The van der Waals surface area contributed by atoms with Gasteiger partial charge in [-0.3, -0.25) is 4.79 Å². The minimum Gasteiger partial charge on any atom is -0.398 e. The molecule has 5 heteroatoms. The molecule has 4 nitrogen and oxygen atoms in total. The van der Waals surface area contributed by atoms with Gasteiger partial charge in [0.25, 0.3) is 5.91 Å². The molecule has 0 spiro atoms. The van der Waals surface area contributed by atoms with E-state index in [-0.39, 0.29) is 5.91 Å². The van der Waals surface area contributed by atoms with Crippen molar-refractivity contribution in [2.24, 2.45) is 0 Å². The van der Waals surface area contributed by atoms with Crippen LogP contribution in [0.3, 0.4) is 0 Å². The van der Waals surface area contributed by atoms with Crippen LogP contribution in [0.15, 0.2) is 12.1 Å². The molecule has 0 fully saturated rings. The molecule has 1 aliphatic rings. The second-order valence-corrected chi connectivity index (χ2v) is 7.24. The van der Waals surface area contributed by atoms with Gasteiger partial charge in [-0.25, -0.2) is 0 Å². The first kappa shape index (κ1) is 10.2. The Hall–Kier alpha value is -1.28. The van der Waals surface area contributed by atoms with E-state index in [1.165, 1.54) is 0 Å². The van der Waals surface area contributed by atoms with E-state index in [1.807, 2.05) is 0 Å². The summed E-state index contributed by atoms with van der Waals surface area (Å²) in [6, 6.07) is 3.41. The lowest BCUT2D eigenvalue weighted by atomic mass is 10.1. The first-order valence-corrected chi connectivity index (χ1v) is 7.26. The van der Waals surface area contributed by atoms with Crippen molar-refractivity contribution < 1.29 is 9.36 Å². The zero-order valence-electron chi connectivity index (χ0n) is 8.70. The van der Waals surface area contributed by atoms with Crippen LogP contribution in [0.2, 0.25) is 0 Å². The van der Waals surface area contributed by atoms with E-state index in [2.05, 4.69) is 5.32 Å². The number of hydrogen-bond donors (Lipinski definition) is 2. The predicted molar refractivity (Wildman–Crippen MR) is 61.1 cm³/mol. The number of benzene rings is 1. The number of nitrogen functional groups attached to an aromatic ring is 1. The highest BCUT2D eigenvalue weighted by Gasteiger charge is 2.28. The summed E-state index contributed by atoms with van der Waals surface area (Å²) in [6.07, 6.45) is 0. The van der Waals surface area contributed by atoms with Crippen molar-refractivity contribution in [1.29, 1.82) is 0 Å². The smallest absolute Gasteiger partial charge is 0.254 e. The van der Waals surface area contributed by atoms with Gasteiger partial charge < -0.3 is 15.6 Å². The number of nitrogens with two attached hydrogens (primary N) is 1. The molecule has 1 aliphatic heterocycles. The molecular formula is C10H13N2O2P. The summed E-state index contributed by atoms with van der Waals surface area (Å²) in [5, 5.41) is 3.45. The zero-order valence-corrected chi connectivity index (χ0v) is 9.60. The third-order valence-corrected chi connectivity index (χ3v) is 4.13. The van der Waals surface area contributed by atoms with Crippen molar-refractivity contribution in [3.63, 3.8) is 0 Å². The molecule has 0 aliphatic carbocycles. The molecule has 0 bridgehead atoms. The van der Waals surface area contributed by atoms with Gasteiger partial charge in [-0.2, -0.15) is 0 Å². The van der Waals surface area contributed by atoms with Crippen LogP contribution in [0.5, 0.6) is 0 Å². The lowest BCUT2D eigenvalue weighted by Crippen LogP contribution is -2.13. The van der Waals surface area contributed by atoms with Gasteiger partial charge in [0.15, 0.2) is 0 Å². The van der Waals surface area contributed by atoms with Gasteiger partial charge in [-0.1, -0.05) is 0 Å². The number of hydrogen-bond acceptors (Lipinski definition) is 3. The molecule has 0 unspecified atom stereocenters. The predicted octanol–water partition coefficient (Wildman–Crippen LogP) is 0.760. The van der Waals surface area contributed by atoms with Crippen molar-refractivity contribution in [2.45, 2.75) is 6.54 Å². The van der Waals surface area contributed by atoms with E-state index in [1.54, 1.807) is 25.5 Å². The van der Waals surface area contributed by atoms with E-state index in [4.69, 9.17) is 5.73 Å². The fraction of sp³-hybridized carbons (Fsp3) is 0.300. The van der Waals surface area contributed by atoms with Crippen molar-refractivity contribution in [1.82, 2.24) is 5.32 Å². The second kappa shape index (κ2) is 3.11. The van der Waals surface area contributed by atoms with Crippen molar-refractivity contribution in [3.8, 4) is 0 Å². The third-order valence-electron chi connectivity index (χ3n) is 2.55. The van der Waals surface area contributed by atoms with Crippen LogP contribution < -0.4 is 16.4 Å². The van der Waals surface area contributed by atoms with Crippen LogP contribution in [-0.4, -0.2) is 19.2 Å². The van der Waals surface area contributed by atoms with Gasteiger partial charge in [-0.15, -0.1) is 0 Å². The Labute approximate surface area is 88.2 Å². The van der Waals surface area contributed by atoms with Crippen molar-refractivity contribution in [3.05, 3.63) is 23.3 Å². The Balaban J connectivity index is 2.73. The Morgan fingerprint density at radius 2 is 2.07 bits per heavy atom. The summed E-state index contributed by atoms with van der Waals surface area (Å²) >= 11 is 0. The quantitative estimate of drug-likeness (QED) is 0.546. The standard InChI is InChI=1S/C10H13N2O2P/c1-15(2,14)8-4-3-7(11)9-6(8)5-12-10(9)13/h3-4H,5,11H2,1-2H3,(H,12,13). The van der Waals surface area contributed by atoms with Crippen LogP contribution in [0.4, 0.5) is 5.69 Å². The Morgan fingerprint density at radius 1 is 1.40 bits per heavy atom. The number of nitrogens with one attached hydrogen (secondary N) is 1. The first-order chi connectivity index (χ1) is 6.91. The monoisotopic (exact) mass is 224 g/mol. The molecule has 0 aromatic heterocycles. The van der Waals surface area contributed by atoms with Gasteiger partial charge in [-0.05, 0) is 31.0 Å². The topological polar surface area (TPSA) is 72.2 Å². The largest absolute Gasteiger partial charge is 0.398 e. The summed E-state index contributed by atoms with van der Waals surface area (Å²) in [6.45, 7) is 3.82. The second-order valence-electron chi connectivity index (χ2n) is 4.06. The number of carbonyl (C=O) groups is 1. The Bertz CT molecular complexity index is 490. The maximum atomic E-state index is 12.0.